The SMILES string of the molecule is CCN(CC)C1=NC(=O)[C@H](CC(=O)Nc2cccc(C(=O)O)c2)S1. The summed E-state index contributed by atoms with van der Waals surface area (Å²) in [6.07, 6.45) is -0.00489. The van der Waals surface area contributed by atoms with Crippen LogP contribution >= 0.6 is 11.8 Å². The first kappa shape index (κ1) is 18.0. The number of hydrogen-bond acceptors (Lipinski definition) is 5. The number of benzene rings is 1. The van der Waals surface area contributed by atoms with Crippen LogP contribution in [0, 0.1) is 0 Å². The third kappa shape index (κ3) is 4.35. The summed E-state index contributed by atoms with van der Waals surface area (Å²) in [4.78, 5) is 41.0. The van der Waals surface area contributed by atoms with E-state index >= 15 is 0 Å². The van der Waals surface area contributed by atoms with E-state index in [-0.39, 0.29) is 23.8 Å². The van der Waals surface area contributed by atoms with E-state index in [1.54, 1.807) is 12.1 Å². The molecule has 0 saturated carbocycles. The van der Waals surface area contributed by atoms with Crippen LogP contribution in [0.1, 0.15) is 30.6 Å². The number of aliphatic imine (C=N–C) groups is 1. The molecular formula is C16H19N3O4S. The maximum atomic E-state index is 12.1. The number of carboxylic acids is 1. The number of amides is 2. The van der Waals surface area contributed by atoms with Crippen LogP contribution in [0.5, 0.6) is 0 Å². The molecule has 0 radical (unpaired) electrons. The fourth-order valence-electron chi connectivity index (χ4n) is 2.25. The number of amidine groups is 1. The Morgan fingerprint density at radius 1 is 1.33 bits per heavy atom. The minimum atomic E-state index is -1.06. The smallest absolute Gasteiger partial charge is 0.335 e. The van der Waals surface area contributed by atoms with E-state index < -0.39 is 11.2 Å². The molecule has 0 unspecified atom stereocenters. The van der Waals surface area contributed by atoms with Crippen molar-refractivity contribution in [1.82, 2.24) is 4.90 Å². The lowest BCUT2D eigenvalue weighted by Crippen LogP contribution is -2.27. The molecule has 0 spiro atoms. The van der Waals surface area contributed by atoms with Gasteiger partial charge in [0.05, 0.1) is 5.56 Å². The van der Waals surface area contributed by atoms with E-state index in [2.05, 4.69) is 10.3 Å². The first-order valence-electron chi connectivity index (χ1n) is 7.62. The van der Waals surface area contributed by atoms with E-state index in [1.165, 1.54) is 23.9 Å². The summed E-state index contributed by atoms with van der Waals surface area (Å²) < 4.78 is 0. The second-order valence-corrected chi connectivity index (χ2v) is 6.32. The van der Waals surface area contributed by atoms with Crippen LogP contribution in [-0.4, -0.2) is 51.3 Å². The Kier molecular flexibility index (Phi) is 5.97. The number of hydrogen-bond donors (Lipinski definition) is 2. The van der Waals surface area contributed by atoms with Crippen molar-refractivity contribution in [2.75, 3.05) is 18.4 Å². The summed E-state index contributed by atoms with van der Waals surface area (Å²) in [5, 5.41) is 11.7. The average molecular weight is 349 g/mol. The number of nitrogens with zero attached hydrogens (tertiary/aromatic N) is 2. The van der Waals surface area contributed by atoms with Gasteiger partial charge in [-0.3, -0.25) is 9.59 Å². The lowest BCUT2D eigenvalue weighted by molar-refractivity contribution is -0.121. The van der Waals surface area contributed by atoms with Gasteiger partial charge in [0.25, 0.3) is 5.91 Å². The molecule has 2 N–H and O–H groups in total. The second kappa shape index (κ2) is 7.96. The number of rotatable bonds is 6. The first-order valence-corrected chi connectivity index (χ1v) is 8.49. The Labute approximate surface area is 144 Å². The van der Waals surface area contributed by atoms with Crippen LogP contribution < -0.4 is 5.32 Å². The number of carbonyl (C=O) groups excluding carboxylic acids is 2. The number of carbonyl (C=O) groups is 3. The average Bonchev–Trinajstić information content (AvgIpc) is 2.89. The van der Waals surface area contributed by atoms with Crippen LogP contribution in [0.4, 0.5) is 5.69 Å². The molecular weight excluding hydrogens is 330 g/mol. The number of nitrogens with one attached hydrogen (secondary N) is 1. The first-order chi connectivity index (χ1) is 11.4. The van der Waals surface area contributed by atoms with E-state index in [1.807, 2.05) is 18.7 Å². The molecule has 8 heteroatoms. The standard InChI is InChI=1S/C16H19N3O4S/c1-3-19(4-2)16-18-14(21)12(24-16)9-13(20)17-11-7-5-6-10(8-11)15(22)23/h5-8,12H,3-4,9H2,1-2H3,(H,17,20)(H,22,23)/t12-/m0/s1. The van der Waals surface area contributed by atoms with Gasteiger partial charge in [0.1, 0.15) is 5.25 Å². The van der Waals surface area contributed by atoms with E-state index in [4.69, 9.17) is 5.11 Å². The maximum absolute atomic E-state index is 12.1. The molecule has 7 nitrogen and oxygen atoms in total. The predicted octanol–water partition coefficient (Wildman–Crippen LogP) is 2.05. The van der Waals surface area contributed by atoms with Gasteiger partial charge >= 0.3 is 5.97 Å². The summed E-state index contributed by atoms with van der Waals surface area (Å²) in [6, 6.07) is 5.97. The normalized spacial score (nSPS) is 16.7. The van der Waals surface area contributed by atoms with Gasteiger partial charge in [-0.15, -0.1) is 0 Å². The van der Waals surface area contributed by atoms with Crippen LogP contribution in [0.15, 0.2) is 29.3 Å². The number of aromatic carboxylic acids is 1. The van der Waals surface area contributed by atoms with Crippen molar-refractivity contribution >= 4 is 40.4 Å². The predicted molar refractivity (Wildman–Crippen MR) is 93.4 cm³/mol. The second-order valence-electron chi connectivity index (χ2n) is 5.15. The monoisotopic (exact) mass is 349 g/mol. The molecule has 1 heterocycles. The minimum absolute atomic E-state index is 0.00489. The maximum Gasteiger partial charge on any atom is 0.335 e. The summed E-state index contributed by atoms with van der Waals surface area (Å²) >= 11 is 1.29. The number of carboxylic acid groups (broad SMARTS) is 1. The van der Waals surface area contributed by atoms with Gasteiger partial charge in [-0.1, -0.05) is 17.8 Å². The fourth-order valence-corrected chi connectivity index (χ4v) is 3.44. The molecule has 1 aliphatic heterocycles. The van der Waals surface area contributed by atoms with E-state index in [9.17, 15) is 14.4 Å². The minimum Gasteiger partial charge on any atom is -0.478 e. The summed E-state index contributed by atoms with van der Waals surface area (Å²) in [7, 11) is 0. The van der Waals surface area contributed by atoms with Gasteiger partial charge in [-0.05, 0) is 32.0 Å². The van der Waals surface area contributed by atoms with Crippen molar-refractivity contribution in [3.8, 4) is 0 Å². The molecule has 0 fully saturated rings. The van der Waals surface area contributed by atoms with Gasteiger partial charge in [0, 0.05) is 25.2 Å². The topological polar surface area (TPSA) is 99.1 Å². The lowest BCUT2D eigenvalue weighted by atomic mass is 10.2. The Morgan fingerprint density at radius 2 is 2.04 bits per heavy atom. The van der Waals surface area contributed by atoms with Crippen LogP contribution in [0.25, 0.3) is 0 Å². The molecule has 0 aromatic heterocycles. The van der Waals surface area contributed by atoms with Crippen molar-refractivity contribution in [2.24, 2.45) is 4.99 Å². The fraction of sp³-hybridized carbons (Fsp3) is 0.375. The molecule has 1 aliphatic rings. The largest absolute Gasteiger partial charge is 0.478 e. The Morgan fingerprint density at radius 3 is 2.67 bits per heavy atom. The third-order valence-electron chi connectivity index (χ3n) is 3.53. The molecule has 128 valence electrons. The zero-order chi connectivity index (χ0) is 17.7. The molecule has 1 aromatic carbocycles. The highest BCUT2D eigenvalue weighted by Gasteiger charge is 2.32. The molecule has 2 rings (SSSR count). The van der Waals surface area contributed by atoms with Crippen molar-refractivity contribution in [3.05, 3.63) is 29.8 Å². The van der Waals surface area contributed by atoms with Crippen LogP contribution in [0.2, 0.25) is 0 Å². The highest BCUT2D eigenvalue weighted by molar-refractivity contribution is 8.15. The quantitative estimate of drug-likeness (QED) is 0.815. The van der Waals surface area contributed by atoms with E-state index in [0.29, 0.717) is 10.9 Å². The highest BCUT2D eigenvalue weighted by Crippen LogP contribution is 2.27. The Bertz CT molecular complexity index is 686. The molecule has 1 aromatic rings. The molecule has 1 atom stereocenters. The van der Waals surface area contributed by atoms with Crippen molar-refractivity contribution in [2.45, 2.75) is 25.5 Å². The summed E-state index contributed by atoms with van der Waals surface area (Å²) in [6.45, 7) is 5.45. The van der Waals surface area contributed by atoms with Gasteiger partial charge in [-0.2, -0.15) is 4.99 Å². The van der Waals surface area contributed by atoms with Gasteiger partial charge in [0.2, 0.25) is 5.91 Å². The van der Waals surface area contributed by atoms with Gasteiger partial charge in [-0.25, -0.2) is 4.79 Å². The Hall–Kier alpha value is -2.35. The summed E-state index contributed by atoms with van der Waals surface area (Å²) in [5.41, 5.74) is 0.478. The van der Waals surface area contributed by atoms with Crippen LogP contribution in [-0.2, 0) is 9.59 Å². The van der Waals surface area contributed by atoms with Crippen molar-refractivity contribution in [3.63, 3.8) is 0 Å². The number of thioether (sulfide) groups is 1. The zero-order valence-corrected chi connectivity index (χ0v) is 14.3. The molecule has 0 aliphatic carbocycles. The van der Waals surface area contributed by atoms with Crippen molar-refractivity contribution in [1.29, 1.82) is 0 Å². The van der Waals surface area contributed by atoms with Crippen LogP contribution in [0.3, 0.4) is 0 Å². The zero-order valence-electron chi connectivity index (χ0n) is 13.5. The molecule has 24 heavy (non-hydrogen) atoms. The molecule has 0 saturated heterocycles. The van der Waals surface area contributed by atoms with Crippen molar-refractivity contribution < 1.29 is 19.5 Å². The third-order valence-corrected chi connectivity index (χ3v) is 4.74. The van der Waals surface area contributed by atoms with Gasteiger partial charge < -0.3 is 15.3 Å². The number of anilines is 1. The lowest BCUT2D eigenvalue weighted by Gasteiger charge is -2.19. The van der Waals surface area contributed by atoms with Gasteiger partial charge in [0.15, 0.2) is 5.17 Å². The van der Waals surface area contributed by atoms with E-state index in [0.717, 1.165) is 13.1 Å². The Balaban J connectivity index is 1.95. The summed E-state index contributed by atoms with van der Waals surface area (Å²) in [5.74, 6) is -1.72. The molecule has 2 amide bonds. The molecule has 0 bridgehead atoms. The highest BCUT2D eigenvalue weighted by atomic mass is 32.2.